The number of nitrogens with zero attached hydrogens (tertiary/aromatic N) is 7. The molecule has 0 bridgehead atoms. The van der Waals surface area contributed by atoms with Gasteiger partial charge in [-0.15, -0.1) is 11.3 Å². The van der Waals surface area contributed by atoms with Gasteiger partial charge < -0.3 is 14.2 Å². The standard InChI is InChI=1S/C33H39N7OSSi/c1-22(2)39-19-27(31-28(39)18-34-33(37-31)35-20-38(3)4)24-14-25-17-36-40(21-41-12-13-43(5,6)7)32(25)26(15-24)30-16-23-10-8-9-11-29(23)42-30/h8-11,14-20,22H,12-13,21H2,1-7H3/b35-20-. The van der Waals surface area contributed by atoms with Gasteiger partial charge in [0.2, 0.25) is 0 Å². The molecule has 4 aromatic heterocycles. The van der Waals surface area contributed by atoms with Gasteiger partial charge in [0.25, 0.3) is 5.95 Å². The Balaban J connectivity index is 1.52. The molecule has 0 unspecified atom stereocenters. The van der Waals surface area contributed by atoms with Crippen LogP contribution in [0.15, 0.2) is 66.0 Å². The van der Waals surface area contributed by atoms with Crippen LogP contribution in [0.5, 0.6) is 0 Å². The van der Waals surface area contributed by atoms with Gasteiger partial charge in [-0.1, -0.05) is 37.8 Å². The summed E-state index contributed by atoms with van der Waals surface area (Å²) in [4.78, 5) is 17.0. The van der Waals surface area contributed by atoms with Crippen molar-refractivity contribution in [1.29, 1.82) is 0 Å². The molecule has 8 nitrogen and oxygen atoms in total. The Bertz CT molecular complexity index is 1910. The topological polar surface area (TPSA) is 73.4 Å². The normalized spacial score (nSPS) is 12.6. The SMILES string of the molecule is CC(C)n1cc(-c2cc(-c3cc4ccccc4s3)c3c(cnn3COCC[Si](C)(C)C)c2)c2nc(/N=C\N(C)C)ncc21. The largest absolute Gasteiger partial charge is 0.369 e. The fraction of sp³-hybridized carbons (Fsp3) is 0.333. The molecule has 0 N–H and O–H groups in total. The summed E-state index contributed by atoms with van der Waals surface area (Å²) in [6, 6.07) is 16.7. The Morgan fingerprint density at radius 1 is 1.05 bits per heavy atom. The third-order valence-electron chi connectivity index (χ3n) is 7.46. The van der Waals surface area contributed by atoms with Crippen molar-refractivity contribution in [2.45, 2.75) is 52.3 Å². The van der Waals surface area contributed by atoms with Crippen LogP contribution in [0, 0.1) is 0 Å². The average molecular weight is 610 g/mol. The first kappa shape index (κ1) is 29.2. The summed E-state index contributed by atoms with van der Waals surface area (Å²) < 4.78 is 11.7. The molecule has 6 rings (SSSR count). The Morgan fingerprint density at radius 2 is 1.86 bits per heavy atom. The maximum atomic E-state index is 6.17. The van der Waals surface area contributed by atoms with Crippen LogP contribution in [0.4, 0.5) is 5.95 Å². The molecule has 0 atom stereocenters. The van der Waals surface area contributed by atoms with Crippen LogP contribution in [-0.4, -0.2) is 64.3 Å². The zero-order valence-electron chi connectivity index (χ0n) is 26.0. The van der Waals surface area contributed by atoms with Crippen LogP contribution in [0.2, 0.25) is 25.7 Å². The lowest BCUT2D eigenvalue weighted by molar-refractivity contribution is 0.0817. The van der Waals surface area contributed by atoms with E-state index in [0.29, 0.717) is 12.7 Å². The number of hydrogen-bond acceptors (Lipinski definition) is 6. The van der Waals surface area contributed by atoms with E-state index >= 15 is 0 Å². The van der Waals surface area contributed by atoms with Gasteiger partial charge in [0.1, 0.15) is 12.2 Å². The Labute approximate surface area is 257 Å². The van der Waals surface area contributed by atoms with Crippen molar-refractivity contribution in [3.63, 3.8) is 0 Å². The summed E-state index contributed by atoms with van der Waals surface area (Å²) in [5, 5.41) is 7.12. The molecule has 43 heavy (non-hydrogen) atoms. The van der Waals surface area contributed by atoms with E-state index < -0.39 is 8.07 Å². The molecule has 6 aromatic rings. The minimum Gasteiger partial charge on any atom is -0.369 e. The summed E-state index contributed by atoms with van der Waals surface area (Å²) in [7, 11) is 2.69. The van der Waals surface area contributed by atoms with Gasteiger partial charge in [0, 0.05) is 67.1 Å². The third kappa shape index (κ3) is 6.13. The highest BCUT2D eigenvalue weighted by atomic mass is 32.1. The lowest BCUT2D eigenvalue weighted by Crippen LogP contribution is -2.22. The van der Waals surface area contributed by atoms with Crippen molar-refractivity contribution < 1.29 is 4.74 Å². The van der Waals surface area contributed by atoms with E-state index in [4.69, 9.17) is 14.8 Å². The molecule has 10 heteroatoms. The van der Waals surface area contributed by atoms with Gasteiger partial charge in [-0.25, -0.2) is 19.6 Å². The lowest BCUT2D eigenvalue weighted by atomic mass is 10.0. The molecule has 0 amide bonds. The Kier molecular flexibility index (Phi) is 7.93. The summed E-state index contributed by atoms with van der Waals surface area (Å²) in [5.74, 6) is 0.443. The van der Waals surface area contributed by atoms with Gasteiger partial charge in [-0.2, -0.15) is 5.10 Å². The van der Waals surface area contributed by atoms with E-state index in [1.807, 2.05) is 47.4 Å². The number of hydrogen-bond donors (Lipinski definition) is 0. The van der Waals surface area contributed by atoms with Gasteiger partial charge in [0.05, 0.1) is 29.8 Å². The van der Waals surface area contributed by atoms with Crippen LogP contribution >= 0.6 is 11.3 Å². The first-order valence-electron chi connectivity index (χ1n) is 14.7. The lowest BCUT2D eigenvalue weighted by Gasteiger charge is -2.16. The van der Waals surface area contributed by atoms with Gasteiger partial charge in [-0.3, -0.25) is 0 Å². The smallest absolute Gasteiger partial charge is 0.251 e. The fourth-order valence-electron chi connectivity index (χ4n) is 5.21. The number of benzene rings is 2. The van der Waals surface area contributed by atoms with E-state index in [0.717, 1.165) is 51.3 Å². The highest BCUT2D eigenvalue weighted by Gasteiger charge is 2.20. The zero-order valence-corrected chi connectivity index (χ0v) is 27.8. The van der Waals surface area contributed by atoms with E-state index in [1.54, 1.807) is 6.34 Å². The first-order valence-corrected chi connectivity index (χ1v) is 19.2. The van der Waals surface area contributed by atoms with Crippen LogP contribution in [0.3, 0.4) is 0 Å². The second-order valence-electron chi connectivity index (χ2n) is 12.8. The quantitative estimate of drug-likeness (QED) is 0.0674. The minimum absolute atomic E-state index is 0.248. The van der Waals surface area contributed by atoms with Gasteiger partial charge in [-0.05, 0) is 55.1 Å². The number of fused-ring (bicyclic) bond motifs is 3. The molecule has 0 aliphatic heterocycles. The van der Waals surface area contributed by atoms with E-state index in [9.17, 15) is 0 Å². The molecular weight excluding hydrogens is 571 g/mol. The van der Waals surface area contributed by atoms with Crippen LogP contribution in [0.25, 0.3) is 53.6 Å². The van der Waals surface area contributed by atoms with E-state index in [1.165, 1.54) is 15.0 Å². The fourth-order valence-corrected chi connectivity index (χ4v) is 7.05. The van der Waals surface area contributed by atoms with Crippen molar-refractivity contribution in [3.8, 4) is 21.6 Å². The molecule has 0 fully saturated rings. The number of aliphatic imine (C=N–C) groups is 1. The molecule has 0 aliphatic carbocycles. The van der Waals surface area contributed by atoms with Crippen molar-refractivity contribution in [3.05, 3.63) is 61.1 Å². The minimum atomic E-state index is -1.18. The maximum Gasteiger partial charge on any atom is 0.251 e. The van der Waals surface area contributed by atoms with Crippen LogP contribution < -0.4 is 0 Å². The second kappa shape index (κ2) is 11.7. The molecule has 0 aliphatic rings. The molecule has 2 aromatic carbocycles. The first-order chi connectivity index (χ1) is 20.6. The van der Waals surface area contributed by atoms with Gasteiger partial charge in [0.15, 0.2) is 0 Å². The Morgan fingerprint density at radius 3 is 2.60 bits per heavy atom. The number of aromatic nitrogens is 5. The predicted octanol–water partition coefficient (Wildman–Crippen LogP) is 8.44. The Hall–Kier alpha value is -3.86. The predicted molar refractivity (Wildman–Crippen MR) is 183 cm³/mol. The average Bonchev–Trinajstić information content (AvgIpc) is 3.68. The summed E-state index contributed by atoms with van der Waals surface area (Å²) in [6.07, 6.45) is 7.77. The van der Waals surface area contributed by atoms with E-state index in [2.05, 4.69) is 96.7 Å². The van der Waals surface area contributed by atoms with Crippen molar-refractivity contribution in [2.75, 3.05) is 20.7 Å². The zero-order chi connectivity index (χ0) is 30.3. The van der Waals surface area contributed by atoms with Crippen LogP contribution in [-0.2, 0) is 11.5 Å². The van der Waals surface area contributed by atoms with E-state index in [-0.39, 0.29) is 6.04 Å². The molecule has 0 radical (unpaired) electrons. The number of thiophene rings is 1. The molecule has 4 heterocycles. The second-order valence-corrected chi connectivity index (χ2v) is 19.5. The summed E-state index contributed by atoms with van der Waals surface area (Å²) in [5.41, 5.74) is 6.25. The highest BCUT2D eigenvalue weighted by Crippen LogP contribution is 2.41. The number of rotatable bonds is 10. The van der Waals surface area contributed by atoms with Crippen LogP contribution in [0.1, 0.15) is 19.9 Å². The molecule has 0 spiro atoms. The number of ether oxygens (including phenoxy) is 1. The van der Waals surface area contributed by atoms with Crippen molar-refractivity contribution in [1.82, 2.24) is 29.2 Å². The highest BCUT2D eigenvalue weighted by molar-refractivity contribution is 7.22. The summed E-state index contributed by atoms with van der Waals surface area (Å²) >= 11 is 1.81. The molecule has 222 valence electrons. The maximum absolute atomic E-state index is 6.17. The molecule has 0 saturated carbocycles. The monoisotopic (exact) mass is 609 g/mol. The summed E-state index contributed by atoms with van der Waals surface area (Å²) in [6.45, 7) is 12.7. The molecule has 0 saturated heterocycles. The van der Waals surface area contributed by atoms with Crippen molar-refractivity contribution in [2.24, 2.45) is 4.99 Å². The third-order valence-corrected chi connectivity index (χ3v) is 10.3. The van der Waals surface area contributed by atoms with Crippen molar-refractivity contribution >= 4 is 63.7 Å². The van der Waals surface area contributed by atoms with Gasteiger partial charge >= 0.3 is 0 Å². The molecular formula is C33H39N7OSSi.